The van der Waals surface area contributed by atoms with Gasteiger partial charge in [0.25, 0.3) is 0 Å². The third-order valence-electron chi connectivity index (χ3n) is 11.1. The van der Waals surface area contributed by atoms with Crippen molar-refractivity contribution in [1.82, 2.24) is 15.5 Å². The van der Waals surface area contributed by atoms with E-state index in [0.29, 0.717) is 55.0 Å². The van der Waals surface area contributed by atoms with Crippen LogP contribution in [0.3, 0.4) is 0 Å². The molecule has 2 amide bonds. The summed E-state index contributed by atoms with van der Waals surface area (Å²) >= 11 is 0. The molecule has 1 heterocycles. The summed E-state index contributed by atoms with van der Waals surface area (Å²) in [6, 6.07) is 5.07. The minimum Gasteiger partial charge on any atom is -0.496 e. The number of benzene rings is 1. The van der Waals surface area contributed by atoms with Crippen molar-refractivity contribution in [2.24, 2.45) is 29.1 Å². The minimum absolute atomic E-state index is 0.0376. The Hall–Kier alpha value is -2.63. The molecule has 10 nitrogen and oxygen atoms in total. The molecule has 1 aromatic carbocycles. The van der Waals surface area contributed by atoms with Gasteiger partial charge in [-0.25, -0.2) is 4.79 Å². The maximum absolute atomic E-state index is 13.6. The summed E-state index contributed by atoms with van der Waals surface area (Å²) in [6.45, 7) is 7.86. The number of ether oxygens (including phenoxy) is 1. The predicted molar refractivity (Wildman–Crippen MR) is 167 cm³/mol. The van der Waals surface area contributed by atoms with Gasteiger partial charge in [-0.2, -0.15) is 0 Å². The number of aromatic carboxylic acids is 1. The maximum atomic E-state index is 13.6. The summed E-state index contributed by atoms with van der Waals surface area (Å²) in [5.74, 6) is 0.395. The van der Waals surface area contributed by atoms with Crippen molar-refractivity contribution in [3.8, 4) is 5.75 Å². The maximum Gasteiger partial charge on any atom is 0.482 e. The largest absolute Gasteiger partial charge is 0.496 e. The van der Waals surface area contributed by atoms with Gasteiger partial charge in [0, 0.05) is 13.0 Å². The Kier molecular flexibility index (Phi) is 9.68. The van der Waals surface area contributed by atoms with Crippen molar-refractivity contribution in [3.05, 3.63) is 29.3 Å². The van der Waals surface area contributed by atoms with Gasteiger partial charge in [0.05, 0.1) is 31.3 Å². The Morgan fingerprint density at radius 3 is 2.43 bits per heavy atom. The number of likely N-dealkylation sites (N-methyl/N-ethyl adjacent to an activating group) is 1. The molecule has 6 rings (SSSR count). The van der Waals surface area contributed by atoms with Gasteiger partial charge in [0.1, 0.15) is 11.3 Å². The van der Waals surface area contributed by atoms with Crippen molar-refractivity contribution in [3.63, 3.8) is 0 Å². The van der Waals surface area contributed by atoms with Gasteiger partial charge in [0.15, 0.2) is 0 Å². The summed E-state index contributed by atoms with van der Waals surface area (Å²) in [4.78, 5) is 39.4. The lowest BCUT2D eigenvalue weighted by Gasteiger charge is -2.64. The lowest BCUT2D eigenvalue weighted by Crippen LogP contribution is -2.65. The average molecular weight is 612 g/mol. The molecule has 242 valence electrons. The molecule has 11 heteroatoms. The fourth-order valence-electron chi connectivity index (χ4n) is 8.45. The minimum atomic E-state index is -1.06. The van der Waals surface area contributed by atoms with Gasteiger partial charge in [-0.3, -0.25) is 9.59 Å². The molecule has 5 atom stereocenters. The number of hydrogen-bond acceptors (Lipinski definition) is 7. The van der Waals surface area contributed by atoms with Gasteiger partial charge in [-0.15, -0.1) is 0 Å². The van der Waals surface area contributed by atoms with E-state index in [0.717, 1.165) is 38.5 Å². The summed E-state index contributed by atoms with van der Waals surface area (Å²) in [6.07, 6.45) is 6.60. The second-order valence-corrected chi connectivity index (χ2v) is 14.7. The smallest absolute Gasteiger partial charge is 0.482 e. The molecule has 0 radical (unpaired) electrons. The topological polar surface area (TPSA) is 126 Å². The number of carbonyl (C=O) groups excluding carboxylic acids is 2. The number of methoxy groups -OCH3 is 1. The fourth-order valence-corrected chi connectivity index (χ4v) is 8.45. The Bertz CT molecular complexity index is 1230. The van der Waals surface area contributed by atoms with Crippen LogP contribution < -0.4 is 15.4 Å². The van der Waals surface area contributed by atoms with E-state index in [2.05, 4.69) is 31.4 Å². The summed E-state index contributed by atoms with van der Waals surface area (Å²) in [5.41, 5.74) is 0.529. The van der Waals surface area contributed by atoms with Crippen LogP contribution in [0.25, 0.3) is 0 Å². The van der Waals surface area contributed by atoms with Crippen LogP contribution in [0.2, 0.25) is 0 Å². The van der Waals surface area contributed by atoms with Crippen LogP contribution in [-0.4, -0.2) is 86.8 Å². The quantitative estimate of drug-likeness (QED) is 0.307. The average Bonchev–Trinajstić information content (AvgIpc) is 3.33. The van der Waals surface area contributed by atoms with E-state index >= 15 is 0 Å². The molecular formula is C33H50BN3O7. The molecule has 1 aromatic rings. The van der Waals surface area contributed by atoms with Gasteiger partial charge in [-0.1, -0.05) is 26.0 Å². The molecule has 0 aromatic heterocycles. The number of amides is 2. The number of carboxylic acid groups (broad SMARTS) is 1. The van der Waals surface area contributed by atoms with E-state index < -0.39 is 24.6 Å². The van der Waals surface area contributed by atoms with Crippen molar-refractivity contribution in [2.45, 2.75) is 89.8 Å². The van der Waals surface area contributed by atoms with E-state index in [4.69, 9.17) is 14.0 Å². The molecule has 4 aliphatic carbocycles. The van der Waals surface area contributed by atoms with E-state index in [9.17, 15) is 19.5 Å². The van der Waals surface area contributed by atoms with Gasteiger partial charge in [-0.05, 0) is 107 Å². The second kappa shape index (κ2) is 13.0. The number of carboxylic acids is 1. The van der Waals surface area contributed by atoms with Crippen LogP contribution in [0, 0.1) is 29.1 Å². The lowest BCUT2D eigenvalue weighted by atomic mass is 9.43. The normalized spacial score (nSPS) is 31.1. The van der Waals surface area contributed by atoms with Gasteiger partial charge in [0.2, 0.25) is 11.8 Å². The highest BCUT2D eigenvalue weighted by atomic mass is 16.7. The highest BCUT2D eigenvalue weighted by Crippen LogP contribution is 2.65. The standard InChI is InChI=1S/C33H50BN3O7/c1-32(2)23-16-25(32)33(3)26(17-23)43-34(44-33)27(15-22-8-7-9-24(31(40)41)30(22)42-6)36-28(38)14-20-10-12-21(13-11-20)18-35-29(39)19-37(4)5/h7-9,20-21,23,25-27H,10-19H2,1-6H3,(H,35,39)(H,36,38)(H,40,41)/t20-,21-,23?,25?,26?,27-,33?/m0/s1. The molecule has 5 aliphatic rings. The Morgan fingerprint density at radius 2 is 1.80 bits per heavy atom. The van der Waals surface area contributed by atoms with Crippen molar-refractivity contribution in [1.29, 1.82) is 0 Å². The Labute approximate surface area is 262 Å². The first-order valence-corrected chi connectivity index (χ1v) is 16.2. The predicted octanol–water partition coefficient (Wildman–Crippen LogP) is 3.56. The number of nitrogens with one attached hydrogen (secondary N) is 2. The van der Waals surface area contributed by atoms with E-state index in [1.54, 1.807) is 6.07 Å². The molecule has 4 unspecified atom stereocenters. The Morgan fingerprint density at radius 1 is 1.09 bits per heavy atom. The molecule has 2 bridgehead atoms. The molecule has 4 saturated carbocycles. The van der Waals surface area contributed by atoms with Crippen LogP contribution in [0.5, 0.6) is 5.75 Å². The third-order valence-corrected chi connectivity index (χ3v) is 11.1. The Balaban J connectivity index is 1.25. The number of hydrogen-bond donors (Lipinski definition) is 3. The lowest BCUT2D eigenvalue weighted by molar-refractivity contribution is -0.199. The monoisotopic (exact) mass is 611 g/mol. The summed E-state index contributed by atoms with van der Waals surface area (Å²) in [5, 5.41) is 16.0. The van der Waals surface area contributed by atoms with Crippen molar-refractivity contribution >= 4 is 24.9 Å². The third kappa shape index (κ3) is 6.65. The molecule has 44 heavy (non-hydrogen) atoms. The van der Waals surface area contributed by atoms with Gasteiger partial charge >= 0.3 is 13.1 Å². The SMILES string of the molecule is COc1c(C[C@H](NC(=O)C[C@H]2CC[C@H](CNC(=O)CN(C)C)CC2)B2OC3CC4CC(C4(C)C)C3(C)O2)cccc1C(=O)O. The molecular weight excluding hydrogens is 561 g/mol. The molecule has 3 N–H and O–H groups in total. The number of rotatable bonds is 12. The van der Waals surface area contributed by atoms with E-state index in [1.165, 1.54) is 13.2 Å². The molecule has 0 spiro atoms. The van der Waals surface area contributed by atoms with Crippen LogP contribution in [0.1, 0.15) is 81.6 Å². The zero-order valence-corrected chi connectivity index (χ0v) is 27.2. The van der Waals surface area contributed by atoms with E-state index in [-0.39, 0.29) is 34.8 Å². The highest BCUT2D eigenvalue weighted by molar-refractivity contribution is 6.48. The zero-order chi connectivity index (χ0) is 31.8. The van der Waals surface area contributed by atoms with E-state index in [1.807, 2.05) is 25.1 Å². The first-order chi connectivity index (χ1) is 20.8. The van der Waals surface area contributed by atoms with Crippen LogP contribution in [0.4, 0.5) is 0 Å². The fraction of sp³-hybridized carbons (Fsp3) is 0.727. The first-order valence-electron chi connectivity index (χ1n) is 16.2. The highest BCUT2D eigenvalue weighted by Gasteiger charge is 2.68. The molecule has 1 aliphatic heterocycles. The number of para-hydroxylation sites is 1. The van der Waals surface area contributed by atoms with Crippen molar-refractivity contribution < 1.29 is 33.5 Å². The van der Waals surface area contributed by atoms with Crippen LogP contribution in [-0.2, 0) is 25.3 Å². The first kappa shape index (κ1) is 32.8. The van der Waals surface area contributed by atoms with Gasteiger partial charge < -0.3 is 34.7 Å². The number of nitrogens with zero attached hydrogens (tertiary/aromatic N) is 1. The molecule has 5 fully saturated rings. The van der Waals surface area contributed by atoms with Crippen LogP contribution in [0.15, 0.2) is 18.2 Å². The second-order valence-electron chi connectivity index (χ2n) is 14.7. The summed E-state index contributed by atoms with van der Waals surface area (Å²) in [7, 11) is 4.58. The molecule has 1 saturated heterocycles. The number of carbonyl (C=O) groups is 3. The summed E-state index contributed by atoms with van der Waals surface area (Å²) < 4.78 is 18.9. The van der Waals surface area contributed by atoms with Crippen LogP contribution >= 0.6 is 0 Å². The van der Waals surface area contributed by atoms with Crippen molar-refractivity contribution in [2.75, 3.05) is 34.3 Å². The zero-order valence-electron chi connectivity index (χ0n) is 27.2.